The van der Waals surface area contributed by atoms with Crippen LogP contribution >= 0.6 is 0 Å². The highest BCUT2D eigenvalue weighted by molar-refractivity contribution is 5.77. The molecule has 4 nitrogen and oxygen atoms in total. The summed E-state index contributed by atoms with van der Waals surface area (Å²) in [5.74, 6) is -0.173. The number of rotatable bonds is 2. The van der Waals surface area contributed by atoms with Crippen molar-refractivity contribution >= 4 is 11.6 Å². The van der Waals surface area contributed by atoms with Crippen LogP contribution in [0.2, 0.25) is 0 Å². The minimum absolute atomic E-state index is 0.173. The highest BCUT2D eigenvalue weighted by atomic mass is 16.3. The third-order valence-corrected chi connectivity index (χ3v) is 3.17. The van der Waals surface area contributed by atoms with Gasteiger partial charge < -0.3 is 14.9 Å². The summed E-state index contributed by atoms with van der Waals surface area (Å²) >= 11 is 0. The Labute approximate surface area is 101 Å². The molecule has 0 unspecified atom stereocenters. The maximum atomic E-state index is 11.3. The number of amides is 1. The molecule has 0 aromatic heterocycles. The van der Waals surface area contributed by atoms with Gasteiger partial charge in [0.2, 0.25) is 5.91 Å². The zero-order valence-electron chi connectivity index (χ0n) is 10.1. The summed E-state index contributed by atoms with van der Waals surface area (Å²) in [6, 6.07) is 8.42. The molecule has 4 heteroatoms. The average molecular weight is 234 g/mol. The SMILES string of the molecule is Cc1ccc(N2CCN(C(=O)CO)CC2)cc1. The Hall–Kier alpha value is -1.55. The Bertz CT molecular complexity index is 381. The third-order valence-electron chi connectivity index (χ3n) is 3.17. The summed E-state index contributed by atoms with van der Waals surface area (Å²) in [5, 5.41) is 8.80. The molecule has 0 radical (unpaired) electrons. The van der Waals surface area contributed by atoms with E-state index in [1.807, 2.05) is 0 Å². The van der Waals surface area contributed by atoms with E-state index in [1.165, 1.54) is 11.3 Å². The second-order valence-corrected chi connectivity index (χ2v) is 4.36. The number of benzene rings is 1. The van der Waals surface area contributed by atoms with Crippen LogP contribution in [0, 0.1) is 6.92 Å². The van der Waals surface area contributed by atoms with Crippen molar-refractivity contribution < 1.29 is 9.90 Å². The normalized spacial score (nSPS) is 16.1. The van der Waals surface area contributed by atoms with Crippen molar-refractivity contribution in [3.8, 4) is 0 Å². The fourth-order valence-electron chi connectivity index (χ4n) is 2.07. The Balaban J connectivity index is 1.95. The van der Waals surface area contributed by atoms with Crippen molar-refractivity contribution in [2.75, 3.05) is 37.7 Å². The van der Waals surface area contributed by atoms with Gasteiger partial charge in [0.05, 0.1) is 0 Å². The number of piperazine rings is 1. The number of anilines is 1. The van der Waals surface area contributed by atoms with Crippen LogP contribution in [0.25, 0.3) is 0 Å². The number of nitrogens with zero attached hydrogens (tertiary/aromatic N) is 2. The van der Waals surface area contributed by atoms with Crippen molar-refractivity contribution in [1.29, 1.82) is 0 Å². The first-order valence-electron chi connectivity index (χ1n) is 5.91. The number of hydrogen-bond acceptors (Lipinski definition) is 3. The lowest BCUT2D eigenvalue weighted by Gasteiger charge is -2.35. The molecular formula is C13H18N2O2. The molecule has 0 atom stereocenters. The van der Waals surface area contributed by atoms with Crippen LogP contribution < -0.4 is 4.90 Å². The molecule has 0 spiro atoms. The van der Waals surface area contributed by atoms with Gasteiger partial charge in [-0.2, -0.15) is 0 Å². The highest BCUT2D eigenvalue weighted by Gasteiger charge is 2.20. The molecule has 0 saturated carbocycles. The molecule has 92 valence electrons. The Morgan fingerprint density at radius 1 is 1.18 bits per heavy atom. The van der Waals surface area contributed by atoms with Gasteiger partial charge in [-0.05, 0) is 19.1 Å². The van der Waals surface area contributed by atoms with Gasteiger partial charge in [-0.15, -0.1) is 0 Å². The van der Waals surface area contributed by atoms with E-state index >= 15 is 0 Å². The van der Waals surface area contributed by atoms with E-state index in [4.69, 9.17) is 5.11 Å². The van der Waals surface area contributed by atoms with Crippen LogP contribution in [-0.2, 0) is 4.79 Å². The first kappa shape index (κ1) is 11.9. The maximum Gasteiger partial charge on any atom is 0.248 e. The smallest absolute Gasteiger partial charge is 0.248 e. The lowest BCUT2D eigenvalue weighted by atomic mass is 10.2. The summed E-state index contributed by atoms with van der Waals surface area (Å²) in [6.45, 7) is 4.72. The van der Waals surface area contributed by atoms with Gasteiger partial charge in [-0.3, -0.25) is 4.79 Å². The number of aliphatic hydroxyl groups excluding tert-OH is 1. The van der Waals surface area contributed by atoms with Crippen molar-refractivity contribution in [2.24, 2.45) is 0 Å². The van der Waals surface area contributed by atoms with E-state index < -0.39 is 0 Å². The molecule has 1 fully saturated rings. The first-order valence-corrected chi connectivity index (χ1v) is 5.91. The summed E-state index contributed by atoms with van der Waals surface area (Å²) in [7, 11) is 0. The predicted molar refractivity (Wildman–Crippen MR) is 67.1 cm³/mol. The van der Waals surface area contributed by atoms with Crippen molar-refractivity contribution in [2.45, 2.75) is 6.92 Å². The molecule has 1 heterocycles. The monoisotopic (exact) mass is 234 g/mol. The molecule has 1 amide bonds. The minimum Gasteiger partial charge on any atom is -0.387 e. The molecule has 1 aliphatic rings. The summed E-state index contributed by atoms with van der Waals surface area (Å²) in [5.41, 5.74) is 2.45. The van der Waals surface area contributed by atoms with Gasteiger partial charge in [-0.25, -0.2) is 0 Å². The van der Waals surface area contributed by atoms with E-state index in [-0.39, 0.29) is 12.5 Å². The molecule has 0 bridgehead atoms. The van der Waals surface area contributed by atoms with E-state index in [0.29, 0.717) is 13.1 Å². The van der Waals surface area contributed by atoms with Gasteiger partial charge >= 0.3 is 0 Å². The number of hydrogen-bond donors (Lipinski definition) is 1. The first-order chi connectivity index (χ1) is 8.20. The summed E-state index contributed by atoms with van der Waals surface area (Å²) in [4.78, 5) is 15.3. The zero-order valence-corrected chi connectivity index (χ0v) is 10.1. The molecule has 1 N–H and O–H groups in total. The zero-order chi connectivity index (χ0) is 12.3. The van der Waals surface area contributed by atoms with Gasteiger partial charge in [-0.1, -0.05) is 17.7 Å². The third kappa shape index (κ3) is 2.77. The Morgan fingerprint density at radius 2 is 1.76 bits per heavy atom. The number of carbonyl (C=O) groups excluding carboxylic acids is 1. The van der Waals surface area contributed by atoms with Crippen molar-refractivity contribution in [1.82, 2.24) is 4.90 Å². The number of carbonyl (C=O) groups is 1. The van der Waals surface area contributed by atoms with Crippen LogP contribution in [-0.4, -0.2) is 48.7 Å². The Morgan fingerprint density at radius 3 is 2.29 bits per heavy atom. The van der Waals surface area contributed by atoms with Crippen molar-refractivity contribution in [3.05, 3.63) is 29.8 Å². The summed E-state index contributed by atoms with van der Waals surface area (Å²) in [6.07, 6.45) is 0. The average Bonchev–Trinajstić information content (AvgIpc) is 2.39. The van der Waals surface area contributed by atoms with Gasteiger partial charge in [0, 0.05) is 31.9 Å². The van der Waals surface area contributed by atoms with Crippen LogP contribution in [0.5, 0.6) is 0 Å². The predicted octanol–water partition coefficient (Wildman–Crippen LogP) is 0.636. The van der Waals surface area contributed by atoms with Crippen LogP contribution in [0.3, 0.4) is 0 Å². The Kier molecular flexibility index (Phi) is 3.64. The van der Waals surface area contributed by atoms with Crippen LogP contribution in [0.1, 0.15) is 5.56 Å². The molecule has 2 rings (SSSR count). The molecule has 1 aromatic carbocycles. The lowest BCUT2D eigenvalue weighted by Crippen LogP contribution is -2.49. The van der Waals surface area contributed by atoms with Gasteiger partial charge in [0.1, 0.15) is 6.61 Å². The molecule has 1 saturated heterocycles. The number of aryl methyl sites for hydroxylation is 1. The van der Waals surface area contributed by atoms with E-state index in [1.54, 1.807) is 4.90 Å². The van der Waals surface area contributed by atoms with E-state index in [2.05, 4.69) is 36.1 Å². The fourth-order valence-corrected chi connectivity index (χ4v) is 2.07. The van der Waals surface area contributed by atoms with Crippen LogP contribution in [0.15, 0.2) is 24.3 Å². The topological polar surface area (TPSA) is 43.8 Å². The van der Waals surface area contributed by atoms with Gasteiger partial charge in [0.25, 0.3) is 0 Å². The van der Waals surface area contributed by atoms with E-state index in [0.717, 1.165) is 13.1 Å². The molecule has 1 aliphatic heterocycles. The largest absolute Gasteiger partial charge is 0.387 e. The fraction of sp³-hybridized carbons (Fsp3) is 0.462. The molecule has 17 heavy (non-hydrogen) atoms. The van der Waals surface area contributed by atoms with E-state index in [9.17, 15) is 4.79 Å². The van der Waals surface area contributed by atoms with Crippen molar-refractivity contribution in [3.63, 3.8) is 0 Å². The second-order valence-electron chi connectivity index (χ2n) is 4.36. The molecule has 0 aliphatic carbocycles. The number of aliphatic hydroxyl groups is 1. The second kappa shape index (κ2) is 5.19. The van der Waals surface area contributed by atoms with Gasteiger partial charge in [0.15, 0.2) is 0 Å². The maximum absolute atomic E-state index is 11.3. The minimum atomic E-state index is -0.384. The standard InChI is InChI=1S/C13H18N2O2/c1-11-2-4-12(5-3-11)14-6-8-15(9-7-14)13(17)10-16/h2-5,16H,6-10H2,1H3. The summed E-state index contributed by atoms with van der Waals surface area (Å²) < 4.78 is 0. The highest BCUT2D eigenvalue weighted by Crippen LogP contribution is 2.16. The molecular weight excluding hydrogens is 216 g/mol. The van der Waals surface area contributed by atoms with Crippen LogP contribution in [0.4, 0.5) is 5.69 Å². The lowest BCUT2D eigenvalue weighted by molar-refractivity contribution is -0.134. The molecule has 1 aromatic rings. The quantitative estimate of drug-likeness (QED) is 0.816.